The number of methoxy groups -OCH3 is 1. The van der Waals surface area contributed by atoms with Gasteiger partial charge in [0.2, 0.25) is 0 Å². The fourth-order valence-electron chi connectivity index (χ4n) is 3.03. The van der Waals surface area contributed by atoms with Gasteiger partial charge >= 0.3 is 0 Å². The van der Waals surface area contributed by atoms with Crippen molar-refractivity contribution in [2.75, 3.05) is 32.0 Å². The van der Waals surface area contributed by atoms with E-state index in [-0.39, 0.29) is 35.3 Å². The Bertz CT molecular complexity index is 1090. The number of nitrogens with zero attached hydrogens (tertiary/aromatic N) is 2. The van der Waals surface area contributed by atoms with Crippen molar-refractivity contribution in [2.24, 2.45) is 0 Å². The summed E-state index contributed by atoms with van der Waals surface area (Å²) >= 11 is 3.43. The van der Waals surface area contributed by atoms with Gasteiger partial charge in [0.25, 0.3) is 10.0 Å². The average molecular weight is 506 g/mol. The normalized spacial score (nSPS) is 17.4. The number of rotatable bonds is 9. The van der Waals surface area contributed by atoms with Crippen LogP contribution in [0.3, 0.4) is 0 Å². The third-order valence-corrected chi connectivity index (χ3v) is 6.68. The lowest BCUT2D eigenvalue weighted by Gasteiger charge is -2.36. The van der Waals surface area contributed by atoms with E-state index in [0.29, 0.717) is 17.1 Å². The second-order valence-corrected chi connectivity index (χ2v) is 9.62. The quantitative estimate of drug-likeness (QED) is 0.422. The molecule has 11 nitrogen and oxygen atoms in total. The smallest absolute Gasteiger partial charge is 0.254 e. The Balaban J connectivity index is 1.64. The van der Waals surface area contributed by atoms with Crippen molar-refractivity contribution in [3.8, 4) is 11.5 Å². The summed E-state index contributed by atoms with van der Waals surface area (Å²) in [6.07, 6.45) is -0.921. The summed E-state index contributed by atoms with van der Waals surface area (Å²) in [6, 6.07) is 9.42. The monoisotopic (exact) mass is 505 g/mol. The van der Waals surface area contributed by atoms with E-state index in [9.17, 15) is 22.3 Å². The summed E-state index contributed by atoms with van der Waals surface area (Å²) in [7, 11) is -0.843. The first-order valence-electron chi connectivity index (χ1n) is 9.23. The van der Waals surface area contributed by atoms with Crippen LogP contribution in [0.25, 0.3) is 0 Å². The molecule has 0 radical (unpaired) electrons. The van der Waals surface area contributed by atoms with E-state index in [4.69, 9.17) is 21.1 Å². The highest BCUT2D eigenvalue weighted by Crippen LogP contribution is 2.32. The number of hydrogen-bond donors (Lipinski definition) is 3. The lowest BCUT2D eigenvalue weighted by atomic mass is 10.2. The molecule has 2 aromatic carbocycles. The summed E-state index contributed by atoms with van der Waals surface area (Å²) in [5, 5.41) is 13.2. The summed E-state index contributed by atoms with van der Waals surface area (Å²) in [6.45, 7) is 0.162. The van der Waals surface area contributed by atoms with Crippen LogP contribution in [0.2, 0.25) is 5.02 Å². The first-order chi connectivity index (χ1) is 15.1. The van der Waals surface area contributed by atoms with Crippen LogP contribution in [0.15, 0.2) is 41.3 Å². The molecule has 0 aromatic heterocycles. The number of ether oxygens (including phenoxy) is 2. The molecule has 0 saturated heterocycles. The molecule has 2 unspecified atom stereocenters. The van der Waals surface area contributed by atoms with Crippen LogP contribution in [0, 0.1) is 0 Å². The van der Waals surface area contributed by atoms with Gasteiger partial charge in [0, 0.05) is 24.9 Å². The Hall–Kier alpha value is -1.97. The molecule has 32 heavy (non-hydrogen) atoms. The summed E-state index contributed by atoms with van der Waals surface area (Å²) in [5.74, 6) is 1.23. The van der Waals surface area contributed by atoms with Gasteiger partial charge in [-0.3, -0.25) is 4.21 Å². The van der Waals surface area contributed by atoms with Gasteiger partial charge in [-0.1, -0.05) is 11.6 Å². The standard InChI is InChI=1S/C18H23ClN4O7S2/c1-22(10-13(24)11-30-15-5-3-14(29-2)4-6-15)23-9-12-7-16(19)17(20-31(25)26)8-18(12)32(27,28)21-23/h3-8,13,20-21,24H,9-11H2,1-2H3,(H,25,26)/p-1. The zero-order valence-corrected chi connectivity index (χ0v) is 19.5. The molecule has 3 rings (SSSR count). The van der Waals surface area contributed by atoms with Gasteiger partial charge in [0.1, 0.15) is 24.2 Å². The molecule has 0 amide bonds. The number of halogens is 1. The van der Waals surface area contributed by atoms with Crippen molar-refractivity contribution in [3.63, 3.8) is 0 Å². The second-order valence-electron chi connectivity index (χ2n) is 6.91. The Morgan fingerprint density at radius 2 is 2.00 bits per heavy atom. The van der Waals surface area contributed by atoms with Gasteiger partial charge < -0.3 is 23.9 Å². The number of fused-ring (bicyclic) bond motifs is 1. The first-order valence-corrected chi connectivity index (χ1v) is 12.2. The van der Waals surface area contributed by atoms with Crippen LogP contribution in [-0.4, -0.2) is 65.8 Å². The zero-order valence-electron chi connectivity index (χ0n) is 17.1. The minimum Gasteiger partial charge on any atom is -0.755 e. The van der Waals surface area contributed by atoms with Crippen molar-refractivity contribution in [2.45, 2.75) is 17.5 Å². The molecule has 3 N–H and O–H groups in total. The maximum atomic E-state index is 12.7. The van der Waals surface area contributed by atoms with Gasteiger partial charge in [-0.25, -0.2) is 13.4 Å². The molecule has 0 aliphatic carbocycles. The number of hydrogen-bond acceptors (Lipinski definition) is 9. The molecule has 0 bridgehead atoms. The molecule has 176 valence electrons. The molecule has 14 heteroatoms. The van der Waals surface area contributed by atoms with Crippen molar-refractivity contribution in [1.29, 1.82) is 0 Å². The first kappa shape index (κ1) is 24.7. The van der Waals surface area contributed by atoms with E-state index >= 15 is 0 Å². The molecule has 1 aliphatic rings. The van der Waals surface area contributed by atoms with Gasteiger partial charge in [-0.15, -0.1) is 4.83 Å². The molecule has 1 aliphatic heterocycles. The minimum absolute atomic E-state index is 0.0129. The number of anilines is 1. The van der Waals surface area contributed by atoms with Gasteiger partial charge in [0.15, 0.2) is 0 Å². The maximum absolute atomic E-state index is 12.7. The molecular formula is C18H22ClN4O7S2-. The molecule has 0 spiro atoms. The SMILES string of the molecule is COc1ccc(OCC(O)CN(C)N2Cc3cc(Cl)c(NS(=O)[O-])cc3S(=O)(=O)N2)cc1. The summed E-state index contributed by atoms with van der Waals surface area (Å²) < 4.78 is 59.8. The van der Waals surface area contributed by atoms with E-state index in [2.05, 4.69) is 9.55 Å². The molecule has 0 fully saturated rings. The van der Waals surface area contributed by atoms with Gasteiger partial charge in [0.05, 0.1) is 29.3 Å². The number of sulfonamides is 1. The van der Waals surface area contributed by atoms with Crippen molar-refractivity contribution in [1.82, 2.24) is 15.0 Å². The fraction of sp³-hybridized carbons (Fsp3) is 0.333. The van der Waals surface area contributed by atoms with Crippen LogP contribution in [0.1, 0.15) is 5.56 Å². The highest BCUT2D eigenvalue weighted by molar-refractivity contribution is 7.89. The molecule has 1 heterocycles. The molecule has 2 atom stereocenters. The molecule has 2 aromatic rings. The fourth-order valence-corrected chi connectivity index (χ4v) is 4.99. The predicted molar refractivity (Wildman–Crippen MR) is 117 cm³/mol. The number of aliphatic hydroxyl groups excluding tert-OH is 1. The highest BCUT2D eigenvalue weighted by atomic mass is 35.5. The lowest BCUT2D eigenvalue weighted by Crippen LogP contribution is -2.55. The van der Waals surface area contributed by atoms with E-state index in [1.807, 2.05) is 0 Å². The minimum atomic E-state index is -4.00. The number of likely N-dealkylation sites (N-methyl/N-ethyl adjacent to an activating group) is 1. The Labute approximate surface area is 193 Å². The van der Waals surface area contributed by atoms with E-state index in [1.165, 1.54) is 16.2 Å². The Kier molecular flexibility index (Phi) is 7.95. The van der Waals surface area contributed by atoms with E-state index < -0.39 is 27.4 Å². The van der Waals surface area contributed by atoms with Gasteiger partial charge in [-0.05, 0) is 42.0 Å². The third-order valence-electron chi connectivity index (χ3n) is 4.57. The summed E-state index contributed by atoms with van der Waals surface area (Å²) in [4.78, 5) is 2.29. The Morgan fingerprint density at radius 1 is 1.34 bits per heavy atom. The number of benzene rings is 2. The van der Waals surface area contributed by atoms with Crippen molar-refractivity contribution >= 4 is 38.6 Å². The largest absolute Gasteiger partial charge is 0.755 e. The predicted octanol–water partition coefficient (Wildman–Crippen LogP) is 0.850. The van der Waals surface area contributed by atoms with E-state index in [1.54, 1.807) is 38.4 Å². The number of nitrogens with one attached hydrogen (secondary N) is 2. The molecule has 0 saturated carbocycles. The van der Waals surface area contributed by atoms with E-state index in [0.717, 1.165) is 6.07 Å². The van der Waals surface area contributed by atoms with Crippen LogP contribution in [0.5, 0.6) is 11.5 Å². The van der Waals surface area contributed by atoms with Crippen LogP contribution >= 0.6 is 11.6 Å². The number of hydrazine groups is 2. The Morgan fingerprint density at radius 3 is 2.62 bits per heavy atom. The van der Waals surface area contributed by atoms with Gasteiger partial charge in [-0.2, -0.15) is 5.12 Å². The van der Waals surface area contributed by atoms with Crippen LogP contribution < -0.4 is 19.0 Å². The van der Waals surface area contributed by atoms with Crippen LogP contribution in [-0.2, 0) is 27.8 Å². The number of aliphatic hydroxyl groups is 1. The maximum Gasteiger partial charge on any atom is 0.254 e. The highest BCUT2D eigenvalue weighted by Gasteiger charge is 2.32. The van der Waals surface area contributed by atoms with Crippen molar-refractivity contribution < 1.29 is 31.8 Å². The van der Waals surface area contributed by atoms with Crippen molar-refractivity contribution in [3.05, 3.63) is 47.0 Å². The average Bonchev–Trinajstić information content (AvgIpc) is 2.72. The third kappa shape index (κ3) is 6.08. The zero-order chi connectivity index (χ0) is 23.5. The lowest BCUT2D eigenvalue weighted by molar-refractivity contribution is -0.0669. The second kappa shape index (κ2) is 10.3. The topological polar surface area (TPSA) is 144 Å². The van der Waals surface area contributed by atoms with Crippen LogP contribution in [0.4, 0.5) is 5.69 Å². The summed E-state index contributed by atoms with van der Waals surface area (Å²) in [5.41, 5.74) is 0.323. The molecular weight excluding hydrogens is 484 g/mol.